The quantitative estimate of drug-likeness (QED) is 0.215. The van der Waals surface area contributed by atoms with Crippen LogP contribution in [0.4, 0.5) is 11.4 Å². The van der Waals surface area contributed by atoms with Crippen molar-refractivity contribution >= 4 is 58.2 Å². The molecule has 0 heterocycles. The predicted octanol–water partition coefficient (Wildman–Crippen LogP) is 7.54. The van der Waals surface area contributed by atoms with Crippen LogP contribution >= 0.6 is 35.0 Å². The van der Waals surface area contributed by atoms with Gasteiger partial charge in [0.2, 0.25) is 5.91 Å². The second-order valence-electron chi connectivity index (χ2n) is 7.58. The first-order chi connectivity index (χ1) is 16.4. The number of ether oxygens (including phenoxy) is 1. The van der Waals surface area contributed by atoms with E-state index in [2.05, 4.69) is 17.6 Å². The van der Waals surface area contributed by atoms with Gasteiger partial charge in [-0.15, -0.1) is 11.8 Å². The molecule has 3 aromatic rings. The van der Waals surface area contributed by atoms with Crippen LogP contribution in [0.3, 0.4) is 0 Å². The van der Waals surface area contributed by atoms with Crippen LogP contribution in [0.2, 0.25) is 10.0 Å². The summed E-state index contributed by atoms with van der Waals surface area (Å²) in [7, 11) is 0. The highest BCUT2D eigenvalue weighted by Gasteiger charge is 2.15. The molecule has 0 spiro atoms. The third-order valence-corrected chi connectivity index (χ3v) is 6.52. The summed E-state index contributed by atoms with van der Waals surface area (Å²) in [5.74, 6) is 0.371. The Hall–Kier alpha value is -2.67. The molecule has 34 heavy (non-hydrogen) atoms. The summed E-state index contributed by atoms with van der Waals surface area (Å²) >= 11 is 13.4. The minimum Gasteiger partial charge on any atom is -0.494 e. The van der Waals surface area contributed by atoms with E-state index in [1.807, 2.05) is 43.3 Å². The van der Waals surface area contributed by atoms with Crippen LogP contribution in [0, 0.1) is 0 Å². The summed E-state index contributed by atoms with van der Waals surface area (Å²) in [6, 6.07) is 19.4. The number of carbonyl (C=O) groups excluding carboxylic acids is 2. The summed E-state index contributed by atoms with van der Waals surface area (Å²) in [5, 5.41) is 6.18. The molecule has 0 saturated carbocycles. The highest BCUT2D eigenvalue weighted by atomic mass is 35.5. The first-order valence-electron chi connectivity index (χ1n) is 10.9. The van der Waals surface area contributed by atoms with Gasteiger partial charge in [-0.25, -0.2) is 0 Å². The fourth-order valence-electron chi connectivity index (χ4n) is 2.96. The zero-order valence-corrected chi connectivity index (χ0v) is 21.3. The standard InChI is InChI=1S/C26H26Cl2N2O3S/c1-3-4-15-33-21-10-6-19(7-11-21)29-25(31)17(2)34-22-12-8-20(9-13-22)30-26(32)23-14-5-18(27)16-24(23)28/h5-14,16-17H,3-4,15H2,1-2H3,(H,29,31)(H,30,32). The minimum atomic E-state index is -0.323. The summed E-state index contributed by atoms with van der Waals surface area (Å²) in [6.45, 7) is 4.65. The SMILES string of the molecule is CCCCOc1ccc(NC(=O)C(C)Sc2ccc(NC(=O)c3ccc(Cl)cc3Cl)cc2)cc1. The molecule has 0 aliphatic carbocycles. The number of benzene rings is 3. The lowest BCUT2D eigenvalue weighted by Gasteiger charge is -2.13. The normalized spacial score (nSPS) is 11.5. The molecular formula is C26H26Cl2N2O3S. The summed E-state index contributed by atoms with van der Waals surface area (Å²) in [4.78, 5) is 26.0. The molecule has 0 saturated heterocycles. The van der Waals surface area contributed by atoms with Crippen molar-refractivity contribution in [3.63, 3.8) is 0 Å². The fourth-order valence-corrected chi connectivity index (χ4v) is 4.32. The van der Waals surface area contributed by atoms with E-state index in [-0.39, 0.29) is 22.1 Å². The minimum absolute atomic E-state index is 0.0978. The van der Waals surface area contributed by atoms with Gasteiger partial charge < -0.3 is 15.4 Å². The highest BCUT2D eigenvalue weighted by molar-refractivity contribution is 8.00. The number of halogens is 2. The molecule has 5 nitrogen and oxygen atoms in total. The molecule has 2 amide bonds. The Kier molecular flexibility index (Phi) is 9.69. The van der Waals surface area contributed by atoms with E-state index < -0.39 is 0 Å². The molecular weight excluding hydrogens is 491 g/mol. The number of unbranched alkanes of at least 4 members (excludes halogenated alkanes) is 1. The molecule has 1 atom stereocenters. The van der Waals surface area contributed by atoms with Crippen molar-refractivity contribution in [2.75, 3.05) is 17.2 Å². The number of hydrogen-bond donors (Lipinski definition) is 2. The van der Waals surface area contributed by atoms with Gasteiger partial charge in [0.25, 0.3) is 5.91 Å². The van der Waals surface area contributed by atoms with Crippen molar-refractivity contribution in [2.24, 2.45) is 0 Å². The van der Waals surface area contributed by atoms with Gasteiger partial charge in [-0.2, -0.15) is 0 Å². The molecule has 3 aromatic carbocycles. The van der Waals surface area contributed by atoms with E-state index in [0.29, 0.717) is 22.9 Å². The average Bonchev–Trinajstić information content (AvgIpc) is 2.81. The molecule has 3 rings (SSSR count). The Bertz CT molecular complexity index is 1120. The Morgan fingerprint density at radius 2 is 1.59 bits per heavy atom. The number of rotatable bonds is 10. The summed E-state index contributed by atoms with van der Waals surface area (Å²) in [5.41, 5.74) is 1.69. The van der Waals surface area contributed by atoms with Crippen molar-refractivity contribution in [1.29, 1.82) is 0 Å². The van der Waals surface area contributed by atoms with E-state index in [9.17, 15) is 9.59 Å². The van der Waals surface area contributed by atoms with Crippen LogP contribution in [0.15, 0.2) is 71.6 Å². The van der Waals surface area contributed by atoms with Crippen LogP contribution in [0.25, 0.3) is 0 Å². The van der Waals surface area contributed by atoms with E-state index >= 15 is 0 Å². The molecule has 178 valence electrons. The lowest BCUT2D eigenvalue weighted by molar-refractivity contribution is -0.115. The van der Waals surface area contributed by atoms with Crippen LogP contribution < -0.4 is 15.4 Å². The number of anilines is 2. The lowest BCUT2D eigenvalue weighted by atomic mass is 10.2. The molecule has 8 heteroatoms. The Balaban J connectivity index is 1.51. The van der Waals surface area contributed by atoms with Crippen molar-refractivity contribution in [3.8, 4) is 5.75 Å². The molecule has 0 fully saturated rings. The van der Waals surface area contributed by atoms with Crippen molar-refractivity contribution < 1.29 is 14.3 Å². The second kappa shape index (κ2) is 12.7. The first kappa shape index (κ1) is 25.9. The molecule has 2 N–H and O–H groups in total. The Labute approximate surface area is 214 Å². The Morgan fingerprint density at radius 1 is 0.941 bits per heavy atom. The third-order valence-electron chi connectivity index (χ3n) is 4.86. The van der Waals surface area contributed by atoms with Crippen molar-refractivity contribution in [2.45, 2.75) is 36.8 Å². The summed E-state index contributed by atoms with van der Waals surface area (Å²) < 4.78 is 5.65. The monoisotopic (exact) mass is 516 g/mol. The van der Waals surface area contributed by atoms with Crippen molar-refractivity contribution in [1.82, 2.24) is 0 Å². The van der Waals surface area contributed by atoms with Gasteiger partial charge >= 0.3 is 0 Å². The zero-order valence-electron chi connectivity index (χ0n) is 18.9. The third kappa shape index (κ3) is 7.69. The number of hydrogen-bond acceptors (Lipinski definition) is 4. The van der Waals surface area contributed by atoms with E-state index in [0.717, 1.165) is 29.2 Å². The zero-order chi connectivity index (χ0) is 24.5. The van der Waals surface area contributed by atoms with E-state index in [1.54, 1.807) is 24.3 Å². The predicted molar refractivity (Wildman–Crippen MR) is 142 cm³/mol. The average molecular weight is 517 g/mol. The van der Waals surface area contributed by atoms with Crippen LogP contribution in [0.1, 0.15) is 37.0 Å². The fraction of sp³-hybridized carbons (Fsp3) is 0.231. The highest BCUT2D eigenvalue weighted by Crippen LogP contribution is 2.27. The maximum Gasteiger partial charge on any atom is 0.257 e. The summed E-state index contributed by atoms with van der Waals surface area (Å²) in [6.07, 6.45) is 2.09. The molecule has 1 unspecified atom stereocenters. The van der Waals surface area contributed by atoms with E-state index in [4.69, 9.17) is 27.9 Å². The van der Waals surface area contributed by atoms with Gasteiger partial charge in [0.1, 0.15) is 5.75 Å². The second-order valence-corrected chi connectivity index (χ2v) is 9.84. The smallest absolute Gasteiger partial charge is 0.257 e. The van der Waals surface area contributed by atoms with Crippen LogP contribution in [-0.2, 0) is 4.79 Å². The van der Waals surface area contributed by atoms with Gasteiger partial charge in [0.15, 0.2) is 0 Å². The molecule has 0 bridgehead atoms. The maximum atomic E-state index is 12.6. The first-order valence-corrected chi connectivity index (χ1v) is 12.6. The topological polar surface area (TPSA) is 67.4 Å². The maximum absolute atomic E-state index is 12.6. The van der Waals surface area contributed by atoms with Crippen LogP contribution in [0.5, 0.6) is 5.75 Å². The van der Waals surface area contributed by atoms with Crippen LogP contribution in [-0.4, -0.2) is 23.7 Å². The largest absolute Gasteiger partial charge is 0.494 e. The molecule has 0 aromatic heterocycles. The molecule has 0 aliphatic heterocycles. The van der Waals surface area contributed by atoms with Gasteiger partial charge in [-0.1, -0.05) is 36.5 Å². The number of nitrogens with one attached hydrogen (secondary N) is 2. The van der Waals surface area contributed by atoms with E-state index in [1.165, 1.54) is 17.8 Å². The van der Waals surface area contributed by atoms with Gasteiger partial charge in [-0.05, 0) is 80.1 Å². The van der Waals surface area contributed by atoms with Gasteiger partial charge in [0.05, 0.1) is 22.4 Å². The van der Waals surface area contributed by atoms with Gasteiger partial charge in [-0.3, -0.25) is 9.59 Å². The van der Waals surface area contributed by atoms with Crippen molar-refractivity contribution in [3.05, 3.63) is 82.3 Å². The molecule has 0 aliphatic rings. The van der Waals surface area contributed by atoms with Gasteiger partial charge in [0, 0.05) is 21.3 Å². The Morgan fingerprint density at radius 3 is 2.24 bits per heavy atom. The lowest BCUT2D eigenvalue weighted by Crippen LogP contribution is -2.22. The number of amides is 2. The molecule has 0 radical (unpaired) electrons. The number of carbonyl (C=O) groups is 2. The number of thioether (sulfide) groups is 1.